The molecule has 0 radical (unpaired) electrons. The van der Waals surface area contributed by atoms with E-state index in [1.165, 1.54) is 23.9 Å². The summed E-state index contributed by atoms with van der Waals surface area (Å²) in [6.45, 7) is 2.94. The van der Waals surface area contributed by atoms with Crippen LogP contribution in [0.2, 0.25) is 0 Å². The largest absolute Gasteiger partial charge is 0.338 e. The summed E-state index contributed by atoms with van der Waals surface area (Å²) in [5.41, 5.74) is 0.798. The quantitative estimate of drug-likeness (QED) is 0.770. The highest BCUT2D eigenvalue weighted by molar-refractivity contribution is 7.99. The highest BCUT2D eigenvalue weighted by Gasteiger charge is 2.14. The summed E-state index contributed by atoms with van der Waals surface area (Å²) in [5.74, 6) is 0.0710. The maximum atomic E-state index is 13.2. The molecule has 0 aliphatic rings. The van der Waals surface area contributed by atoms with E-state index in [4.69, 9.17) is 0 Å². The molecule has 1 heterocycles. The number of thioether (sulfide) groups is 1. The second-order valence-electron chi connectivity index (χ2n) is 4.65. The van der Waals surface area contributed by atoms with E-state index in [1.54, 1.807) is 17.2 Å². The third-order valence-electron chi connectivity index (χ3n) is 3.10. The van der Waals surface area contributed by atoms with Gasteiger partial charge in [-0.1, -0.05) is 23.9 Å². The Labute approximate surface area is 128 Å². The van der Waals surface area contributed by atoms with Crippen molar-refractivity contribution in [3.8, 4) is 0 Å². The van der Waals surface area contributed by atoms with Crippen molar-refractivity contribution in [2.75, 3.05) is 12.3 Å². The molecule has 2 aromatic rings. The Kier molecular flexibility index (Phi) is 5.38. The average molecular weight is 307 g/mol. The Balaban J connectivity index is 1.94. The number of hydrogen-bond acceptors (Lipinski definition) is 3. The molecule has 0 saturated carbocycles. The highest BCUT2D eigenvalue weighted by Crippen LogP contribution is 2.16. The lowest BCUT2D eigenvalue weighted by molar-refractivity contribution is -0.128. The number of imidazole rings is 1. The summed E-state index contributed by atoms with van der Waals surface area (Å²) in [6, 6.07) is 6.34. The SMILES string of the molecule is CCN(Cc1cccc(F)c1)C(=O)CSc1nccn1C. The molecule has 6 heteroatoms. The highest BCUT2D eigenvalue weighted by atomic mass is 32.2. The van der Waals surface area contributed by atoms with Crippen LogP contribution in [0.15, 0.2) is 41.8 Å². The van der Waals surface area contributed by atoms with E-state index < -0.39 is 0 Å². The first-order valence-corrected chi connectivity index (χ1v) is 7.71. The number of benzene rings is 1. The number of halogens is 1. The molecule has 0 aliphatic carbocycles. The summed E-state index contributed by atoms with van der Waals surface area (Å²) in [7, 11) is 1.89. The van der Waals surface area contributed by atoms with Crippen molar-refractivity contribution in [1.29, 1.82) is 0 Å². The van der Waals surface area contributed by atoms with Gasteiger partial charge >= 0.3 is 0 Å². The number of rotatable bonds is 6. The Morgan fingerprint density at radius 1 is 1.48 bits per heavy atom. The Hall–Kier alpha value is -1.82. The van der Waals surface area contributed by atoms with Crippen LogP contribution >= 0.6 is 11.8 Å². The first-order chi connectivity index (χ1) is 10.1. The fraction of sp³-hybridized carbons (Fsp3) is 0.333. The van der Waals surface area contributed by atoms with E-state index in [9.17, 15) is 9.18 Å². The lowest BCUT2D eigenvalue weighted by atomic mass is 10.2. The Morgan fingerprint density at radius 2 is 2.29 bits per heavy atom. The van der Waals surface area contributed by atoms with Crippen molar-refractivity contribution in [2.24, 2.45) is 7.05 Å². The van der Waals surface area contributed by atoms with Crippen LogP contribution < -0.4 is 0 Å². The molecule has 0 atom stereocenters. The number of carbonyl (C=O) groups is 1. The number of carbonyl (C=O) groups excluding carboxylic acids is 1. The van der Waals surface area contributed by atoms with Crippen molar-refractivity contribution in [2.45, 2.75) is 18.6 Å². The summed E-state index contributed by atoms with van der Waals surface area (Å²) in [6.07, 6.45) is 3.55. The van der Waals surface area contributed by atoms with Crippen LogP contribution in [0.5, 0.6) is 0 Å². The predicted molar refractivity (Wildman–Crippen MR) is 81.4 cm³/mol. The summed E-state index contributed by atoms with van der Waals surface area (Å²) in [4.78, 5) is 18.1. The van der Waals surface area contributed by atoms with E-state index in [2.05, 4.69) is 4.98 Å². The van der Waals surface area contributed by atoms with Crippen LogP contribution in [0.3, 0.4) is 0 Å². The molecule has 0 bridgehead atoms. The molecule has 4 nitrogen and oxygen atoms in total. The molecule has 0 aliphatic heterocycles. The zero-order valence-electron chi connectivity index (χ0n) is 12.1. The van der Waals surface area contributed by atoms with Gasteiger partial charge in [-0.05, 0) is 24.6 Å². The van der Waals surface area contributed by atoms with Crippen LogP contribution in [0, 0.1) is 5.82 Å². The first-order valence-electron chi connectivity index (χ1n) is 6.72. The third-order valence-corrected chi connectivity index (χ3v) is 4.14. The van der Waals surface area contributed by atoms with Gasteiger partial charge in [-0.15, -0.1) is 0 Å². The van der Waals surface area contributed by atoms with Crippen molar-refractivity contribution in [3.63, 3.8) is 0 Å². The second-order valence-corrected chi connectivity index (χ2v) is 5.59. The lowest BCUT2D eigenvalue weighted by Gasteiger charge is -2.20. The van der Waals surface area contributed by atoms with Gasteiger partial charge in [0.1, 0.15) is 5.82 Å². The number of hydrogen-bond donors (Lipinski definition) is 0. The summed E-state index contributed by atoms with van der Waals surface area (Å²) >= 11 is 1.41. The fourth-order valence-electron chi connectivity index (χ4n) is 1.94. The maximum Gasteiger partial charge on any atom is 0.233 e. The Bertz CT molecular complexity index is 614. The van der Waals surface area contributed by atoms with Gasteiger partial charge < -0.3 is 9.47 Å². The minimum atomic E-state index is -0.279. The molecule has 0 saturated heterocycles. The molecule has 0 unspecified atom stereocenters. The number of aryl methyl sites for hydroxylation is 1. The molecule has 2 rings (SSSR count). The third kappa shape index (κ3) is 4.32. The van der Waals surface area contributed by atoms with Crippen LogP contribution in [0.25, 0.3) is 0 Å². The van der Waals surface area contributed by atoms with E-state index in [1.807, 2.05) is 30.8 Å². The normalized spacial score (nSPS) is 10.6. The van der Waals surface area contributed by atoms with Crippen molar-refractivity contribution in [3.05, 3.63) is 48.0 Å². The van der Waals surface area contributed by atoms with E-state index in [0.29, 0.717) is 18.8 Å². The molecule has 0 N–H and O–H groups in total. The monoisotopic (exact) mass is 307 g/mol. The zero-order chi connectivity index (χ0) is 15.2. The van der Waals surface area contributed by atoms with Gasteiger partial charge in [-0.3, -0.25) is 4.79 Å². The summed E-state index contributed by atoms with van der Waals surface area (Å²) in [5, 5.41) is 0.810. The molecule has 1 aromatic heterocycles. The van der Waals surface area contributed by atoms with Crippen LogP contribution in [0.4, 0.5) is 4.39 Å². The van der Waals surface area contributed by atoms with Gasteiger partial charge in [0.25, 0.3) is 0 Å². The standard InChI is InChI=1S/C15H18FN3OS/c1-3-19(10-12-5-4-6-13(16)9-12)14(20)11-21-15-17-7-8-18(15)2/h4-9H,3,10-11H2,1-2H3. The van der Waals surface area contributed by atoms with Gasteiger partial charge in [0.2, 0.25) is 5.91 Å². The van der Waals surface area contributed by atoms with Crippen LogP contribution in [-0.2, 0) is 18.4 Å². The van der Waals surface area contributed by atoms with E-state index >= 15 is 0 Å². The van der Waals surface area contributed by atoms with Gasteiger partial charge in [-0.2, -0.15) is 0 Å². The fourth-order valence-corrected chi connectivity index (χ4v) is 2.78. The molecule has 1 aromatic carbocycles. The zero-order valence-corrected chi connectivity index (χ0v) is 12.9. The van der Waals surface area contributed by atoms with E-state index in [-0.39, 0.29) is 11.7 Å². The molecule has 1 amide bonds. The van der Waals surface area contributed by atoms with Crippen molar-refractivity contribution < 1.29 is 9.18 Å². The van der Waals surface area contributed by atoms with Gasteiger partial charge in [0.15, 0.2) is 5.16 Å². The van der Waals surface area contributed by atoms with Crippen molar-refractivity contribution in [1.82, 2.24) is 14.5 Å². The number of aromatic nitrogens is 2. The molecule has 0 spiro atoms. The topological polar surface area (TPSA) is 38.1 Å². The molecule has 112 valence electrons. The predicted octanol–water partition coefficient (Wildman–Crippen LogP) is 2.70. The number of nitrogens with zero attached hydrogens (tertiary/aromatic N) is 3. The second kappa shape index (κ2) is 7.26. The van der Waals surface area contributed by atoms with Gasteiger partial charge in [0, 0.05) is 32.5 Å². The summed E-state index contributed by atoms with van der Waals surface area (Å²) < 4.78 is 15.1. The average Bonchev–Trinajstić information content (AvgIpc) is 2.87. The van der Waals surface area contributed by atoms with E-state index in [0.717, 1.165) is 10.7 Å². The Morgan fingerprint density at radius 3 is 2.90 bits per heavy atom. The van der Waals surface area contributed by atoms with Gasteiger partial charge in [0.05, 0.1) is 5.75 Å². The molecular formula is C15H18FN3OS. The minimum absolute atomic E-state index is 0.0229. The molecular weight excluding hydrogens is 289 g/mol. The first kappa shape index (κ1) is 15.6. The van der Waals surface area contributed by atoms with Crippen molar-refractivity contribution >= 4 is 17.7 Å². The smallest absolute Gasteiger partial charge is 0.233 e. The van der Waals surface area contributed by atoms with Crippen LogP contribution in [0.1, 0.15) is 12.5 Å². The molecule has 21 heavy (non-hydrogen) atoms. The van der Waals surface area contributed by atoms with Crippen LogP contribution in [-0.4, -0.2) is 32.7 Å². The maximum absolute atomic E-state index is 13.2. The minimum Gasteiger partial charge on any atom is -0.338 e. The lowest BCUT2D eigenvalue weighted by Crippen LogP contribution is -2.31. The molecule has 0 fully saturated rings. The number of amides is 1. The van der Waals surface area contributed by atoms with Gasteiger partial charge in [-0.25, -0.2) is 9.37 Å².